The highest BCUT2D eigenvalue weighted by molar-refractivity contribution is 5.99. The lowest BCUT2D eigenvalue weighted by atomic mass is 10.0. The lowest BCUT2D eigenvalue weighted by Gasteiger charge is -2.14. The van der Waals surface area contributed by atoms with Gasteiger partial charge in [-0.2, -0.15) is 5.10 Å². The second-order valence-electron chi connectivity index (χ2n) is 8.47. The minimum atomic E-state index is -0.619. The Morgan fingerprint density at radius 3 is 2.74 bits per heavy atom. The molecule has 31 heavy (non-hydrogen) atoms. The monoisotopic (exact) mass is 418 g/mol. The summed E-state index contributed by atoms with van der Waals surface area (Å²) in [7, 11) is 0. The van der Waals surface area contributed by atoms with Crippen LogP contribution >= 0.6 is 0 Å². The molecule has 0 saturated carbocycles. The van der Waals surface area contributed by atoms with Crippen molar-refractivity contribution in [3.63, 3.8) is 0 Å². The summed E-state index contributed by atoms with van der Waals surface area (Å²) in [6, 6.07) is 8.36. The highest BCUT2D eigenvalue weighted by Gasteiger charge is 2.25. The Balaban J connectivity index is 1.26. The van der Waals surface area contributed by atoms with Crippen LogP contribution in [0.4, 0.5) is 0 Å². The molecule has 1 aromatic carbocycles. The van der Waals surface area contributed by atoms with Gasteiger partial charge in [-0.15, -0.1) is 0 Å². The first-order chi connectivity index (χ1) is 15.1. The summed E-state index contributed by atoms with van der Waals surface area (Å²) >= 11 is 0. The fourth-order valence-corrected chi connectivity index (χ4v) is 4.72. The number of hydrogen-bond acceptors (Lipinski definition) is 5. The number of fused-ring (bicyclic) bond motifs is 2. The number of nitrogens with one attached hydrogen (secondary N) is 1. The Labute approximate surface area is 180 Å². The van der Waals surface area contributed by atoms with Crippen molar-refractivity contribution >= 4 is 17.5 Å². The van der Waals surface area contributed by atoms with Gasteiger partial charge in [-0.1, -0.05) is 18.2 Å². The van der Waals surface area contributed by atoms with Crippen molar-refractivity contribution in [1.82, 2.24) is 24.8 Å². The van der Waals surface area contributed by atoms with E-state index in [-0.39, 0.29) is 23.2 Å². The van der Waals surface area contributed by atoms with E-state index in [1.54, 1.807) is 6.07 Å². The number of carbonyl (C=O) groups excluding carboxylic acids is 2. The molecule has 2 aliphatic rings. The Hall–Kier alpha value is -3.26. The van der Waals surface area contributed by atoms with E-state index < -0.39 is 5.91 Å². The van der Waals surface area contributed by atoms with Gasteiger partial charge in [-0.3, -0.25) is 9.59 Å². The van der Waals surface area contributed by atoms with Gasteiger partial charge in [0.2, 0.25) is 0 Å². The molecule has 5 rings (SSSR count). The van der Waals surface area contributed by atoms with Crippen LogP contribution in [0.25, 0.3) is 5.65 Å². The molecule has 1 fully saturated rings. The van der Waals surface area contributed by atoms with Crippen LogP contribution in [0.5, 0.6) is 0 Å². The van der Waals surface area contributed by atoms with Crippen LogP contribution in [0.2, 0.25) is 0 Å². The molecule has 1 aliphatic carbocycles. The molecule has 2 aromatic heterocycles. The van der Waals surface area contributed by atoms with Crippen molar-refractivity contribution in [1.29, 1.82) is 0 Å². The molecule has 0 radical (unpaired) electrons. The molecular weight excluding hydrogens is 392 g/mol. The van der Waals surface area contributed by atoms with Gasteiger partial charge in [0, 0.05) is 18.8 Å². The second kappa shape index (κ2) is 8.11. The fraction of sp³-hybridized carbons (Fsp3) is 0.391. The lowest BCUT2D eigenvalue weighted by molar-refractivity contribution is 0.0929. The maximum absolute atomic E-state index is 12.9. The van der Waals surface area contributed by atoms with Crippen molar-refractivity contribution < 1.29 is 9.59 Å². The predicted octanol–water partition coefficient (Wildman–Crippen LogP) is 1.36. The standard InChI is InChI=1S/C23H26N6O2/c24-21(30)19-14-26-29-20(5-7-25-22(19)29)23(31)27-18-12-16-4-3-15(11-17(16)13-18)6-10-28-8-1-2-9-28/h3-5,7,11,14,18H,1-2,6,8-10,12-13H2,(H2,24,30)(H,27,31). The summed E-state index contributed by atoms with van der Waals surface area (Å²) in [5, 5.41) is 7.25. The SMILES string of the molecule is NC(=O)c1cnn2c(C(=O)NC3Cc4ccc(CCN5CCCC5)cc4C3)ccnc12. The van der Waals surface area contributed by atoms with E-state index in [9.17, 15) is 9.59 Å². The van der Waals surface area contributed by atoms with Crippen molar-refractivity contribution in [2.24, 2.45) is 5.73 Å². The predicted molar refractivity (Wildman–Crippen MR) is 116 cm³/mol. The molecule has 8 nitrogen and oxygen atoms in total. The first-order valence-electron chi connectivity index (χ1n) is 10.8. The van der Waals surface area contributed by atoms with E-state index in [2.05, 4.69) is 38.5 Å². The number of amides is 2. The largest absolute Gasteiger partial charge is 0.365 e. The highest BCUT2D eigenvalue weighted by atomic mass is 16.2. The van der Waals surface area contributed by atoms with E-state index in [4.69, 9.17) is 5.73 Å². The maximum atomic E-state index is 12.9. The molecular formula is C23H26N6O2. The molecule has 3 N–H and O–H groups in total. The molecule has 0 spiro atoms. The summed E-state index contributed by atoms with van der Waals surface area (Å²) in [5.74, 6) is -0.856. The van der Waals surface area contributed by atoms with Gasteiger partial charge in [0.05, 0.1) is 6.20 Å². The molecule has 3 aromatic rings. The van der Waals surface area contributed by atoms with Gasteiger partial charge in [-0.05, 0) is 68.0 Å². The summed E-state index contributed by atoms with van der Waals surface area (Å²) in [4.78, 5) is 31.1. The van der Waals surface area contributed by atoms with Gasteiger partial charge < -0.3 is 16.0 Å². The minimum Gasteiger partial charge on any atom is -0.365 e. The number of benzene rings is 1. The topological polar surface area (TPSA) is 106 Å². The smallest absolute Gasteiger partial charge is 0.270 e. The van der Waals surface area contributed by atoms with Crippen LogP contribution < -0.4 is 11.1 Å². The first kappa shape index (κ1) is 19.7. The third kappa shape index (κ3) is 3.90. The van der Waals surface area contributed by atoms with Crippen molar-refractivity contribution in [2.45, 2.75) is 38.1 Å². The lowest BCUT2D eigenvalue weighted by Crippen LogP contribution is -2.36. The summed E-state index contributed by atoms with van der Waals surface area (Å²) in [6.07, 6.45) is 8.17. The summed E-state index contributed by atoms with van der Waals surface area (Å²) in [6.45, 7) is 3.56. The number of likely N-dealkylation sites (tertiary alicyclic amines) is 1. The Morgan fingerprint density at radius 2 is 1.94 bits per heavy atom. The van der Waals surface area contributed by atoms with Crippen molar-refractivity contribution in [2.75, 3.05) is 19.6 Å². The summed E-state index contributed by atoms with van der Waals surface area (Å²) in [5.41, 5.74) is 10.2. The van der Waals surface area contributed by atoms with E-state index in [1.165, 1.54) is 59.5 Å². The Morgan fingerprint density at radius 1 is 1.13 bits per heavy atom. The van der Waals surface area contributed by atoms with Gasteiger partial charge in [-0.25, -0.2) is 9.50 Å². The van der Waals surface area contributed by atoms with E-state index in [0.29, 0.717) is 5.69 Å². The van der Waals surface area contributed by atoms with E-state index in [0.717, 1.165) is 25.8 Å². The zero-order chi connectivity index (χ0) is 21.4. The molecule has 1 unspecified atom stereocenters. The average Bonchev–Trinajstić information content (AvgIpc) is 3.50. The van der Waals surface area contributed by atoms with Crippen LogP contribution in [0, 0.1) is 0 Å². The highest BCUT2D eigenvalue weighted by Crippen LogP contribution is 2.24. The first-order valence-corrected chi connectivity index (χ1v) is 10.8. The number of aromatic nitrogens is 3. The van der Waals surface area contributed by atoms with Crippen molar-refractivity contribution in [3.05, 3.63) is 64.6 Å². The van der Waals surface area contributed by atoms with Crippen LogP contribution in [0.1, 0.15) is 50.4 Å². The van der Waals surface area contributed by atoms with Gasteiger partial charge in [0.15, 0.2) is 5.65 Å². The molecule has 8 heteroatoms. The molecule has 1 atom stereocenters. The second-order valence-corrected chi connectivity index (χ2v) is 8.47. The number of hydrogen-bond donors (Lipinski definition) is 2. The van der Waals surface area contributed by atoms with Crippen molar-refractivity contribution in [3.8, 4) is 0 Å². The molecule has 0 bridgehead atoms. The number of nitrogens with two attached hydrogens (primary N) is 1. The van der Waals surface area contributed by atoms with E-state index >= 15 is 0 Å². The zero-order valence-electron chi connectivity index (χ0n) is 17.4. The number of rotatable bonds is 6. The van der Waals surface area contributed by atoms with Gasteiger partial charge in [0.1, 0.15) is 11.3 Å². The van der Waals surface area contributed by atoms with Crippen LogP contribution in [0.3, 0.4) is 0 Å². The fourth-order valence-electron chi connectivity index (χ4n) is 4.72. The molecule has 160 valence electrons. The van der Waals surface area contributed by atoms with Gasteiger partial charge in [0.25, 0.3) is 11.8 Å². The number of primary amides is 1. The number of carbonyl (C=O) groups is 2. The number of nitrogens with zero attached hydrogens (tertiary/aromatic N) is 4. The average molecular weight is 419 g/mol. The van der Waals surface area contributed by atoms with Gasteiger partial charge >= 0.3 is 0 Å². The quantitative estimate of drug-likeness (QED) is 0.629. The molecule has 1 saturated heterocycles. The summed E-state index contributed by atoms with van der Waals surface area (Å²) < 4.78 is 1.37. The third-order valence-electron chi connectivity index (χ3n) is 6.35. The maximum Gasteiger partial charge on any atom is 0.270 e. The van der Waals surface area contributed by atoms with Crippen LogP contribution in [-0.2, 0) is 19.3 Å². The van der Waals surface area contributed by atoms with E-state index in [1.807, 2.05) is 0 Å². The zero-order valence-corrected chi connectivity index (χ0v) is 17.4. The molecule has 1 aliphatic heterocycles. The third-order valence-corrected chi connectivity index (χ3v) is 6.35. The minimum absolute atomic E-state index is 0.0331. The van der Waals surface area contributed by atoms with Crippen LogP contribution in [0.15, 0.2) is 36.7 Å². The normalized spacial score (nSPS) is 18.4. The van der Waals surface area contributed by atoms with Crippen LogP contribution in [-0.4, -0.2) is 57.0 Å². The molecule has 2 amide bonds. The Kier molecular flexibility index (Phi) is 5.15. The molecule has 3 heterocycles. The Bertz CT molecular complexity index is 1150.